The predicted octanol–water partition coefficient (Wildman–Crippen LogP) is 0.354. The Morgan fingerprint density at radius 3 is 2.17 bits per heavy atom. The fourth-order valence-corrected chi connectivity index (χ4v) is 1.62. The molecule has 1 rings (SSSR count). The van der Waals surface area contributed by atoms with Crippen LogP contribution in [0.2, 0.25) is 0 Å². The van der Waals surface area contributed by atoms with Gasteiger partial charge in [-0.05, 0) is 30.0 Å². The third kappa shape index (κ3) is 6.26. The maximum atomic E-state index is 10.7. The molecule has 8 nitrogen and oxygen atoms in total. The van der Waals surface area contributed by atoms with E-state index in [0.29, 0.717) is 16.8 Å². The summed E-state index contributed by atoms with van der Waals surface area (Å²) in [5, 5.41) is 20.0. The van der Waals surface area contributed by atoms with Crippen LogP contribution in [-0.4, -0.2) is 57.3 Å². The predicted molar refractivity (Wildman–Crippen MR) is 102 cm³/mol. The second-order valence-corrected chi connectivity index (χ2v) is 5.56. The lowest BCUT2D eigenvalue weighted by Gasteiger charge is -2.13. The van der Waals surface area contributed by atoms with Crippen LogP contribution in [0.25, 0.3) is 0 Å². The first kappa shape index (κ1) is 19.5. The molecule has 24 heavy (non-hydrogen) atoms. The molecule has 1 aromatic carbocycles. The maximum Gasteiger partial charge on any atom is 0.307 e. The second kappa shape index (κ2) is 8.89. The van der Waals surface area contributed by atoms with Gasteiger partial charge >= 0.3 is 5.97 Å². The Morgan fingerprint density at radius 2 is 1.71 bits per heavy atom. The number of rotatable bonds is 6. The number of nitrogens with zero attached hydrogens (tertiary/aromatic N) is 4. The van der Waals surface area contributed by atoms with Gasteiger partial charge in [0, 0.05) is 19.7 Å². The van der Waals surface area contributed by atoms with E-state index in [2.05, 4.69) is 10.2 Å². The van der Waals surface area contributed by atoms with E-state index in [4.69, 9.17) is 41.0 Å². The van der Waals surface area contributed by atoms with E-state index < -0.39 is 5.97 Å². The van der Waals surface area contributed by atoms with E-state index in [1.165, 1.54) is 16.2 Å². The molecule has 1 aromatic rings. The van der Waals surface area contributed by atoms with Gasteiger partial charge in [-0.25, -0.2) is 10.0 Å². The van der Waals surface area contributed by atoms with Gasteiger partial charge in [-0.3, -0.25) is 4.79 Å². The van der Waals surface area contributed by atoms with Gasteiger partial charge in [-0.2, -0.15) is 10.2 Å². The Balaban J connectivity index is 3.15. The van der Waals surface area contributed by atoms with Crippen LogP contribution in [0.4, 0.5) is 0 Å². The SMILES string of the molecule is CN(N=CC(=NN(C)C(N)=S)c1ccc(CC(=O)O)cc1)C(N)=S. The first-order chi connectivity index (χ1) is 11.2. The molecule has 0 aliphatic carbocycles. The highest BCUT2D eigenvalue weighted by molar-refractivity contribution is 7.80. The summed E-state index contributed by atoms with van der Waals surface area (Å²) in [5.74, 6) is -0.899. The molecule has 128 valence electrons. The summed E-state index contributed by atoms with van der Waals surface area (Å²) >= 11 is 9.68. The van der Waals surface area contributed by atoms with Crippen LogP contribution in [0, 0.1) is 0 Å². The molecule has 10 heteroatoms. The molecular formula is C14H18N6O2S2. The summed E-state index contributed by atoms with van der Waals surface area (Å²) in [7, 11) is 3.20. The lowest BCUT2D eigenvalue weighted by Crippen LogP contribution is -2.30. The molecule has 0 unspecified atom stereocenters. The van der Waals surface area contributed by atoms with Crippen molar-refractivity contribution in [2.24, 2.45) is 21.7 Å². The number of carboxylic acids is 1. The molecule has 0 saturated carbocycles. The van der Waals surface area contributed by atoms with E-state index in [9.17, 15) is 4.79 Å². The molecule has 0 saturated heterocycles. The van der Waals surface area contributed by atoms with Crippen LogP contribution in [-0.2, 0) is 11.2 Å². The van der Waals surface area contributed by atoms with Crippen molar-refractivity contribution in [1.29, 1.82) is 0 Å². The monoisotopic (exact) mass is 366 g/mol. The van der Waals surface area contributed by atoms with Crippen LogP contribution in [0.5, 0.6) is 0 Å². The van der Waals surface area contributed by atoms with Crippen molar-refractivity contribution in [2.45, 2.75) is 6.42 Å². The fourth-order valence-electron chi connectivity index (χ4n) is 1.54. The van der Waals surface area contributed by atoms with Crippen LogP contribution >= 0.6 is 24.4 Å². The quantitative estimate of drug-likeness (QED) is 0.375. The van der Waals surface area contributed by atoms with Crippen LogP contribution in [0.1, 0.15) is 11.1 Å². The van der Waals surface area contributed by atoms with Crippen LogP contribution in [0.3, 0.4) is 0 Å². The van der Waals surface area contributed by atoms with Gasteiger partial charge in [0.2, 0.25) is 0 Å². The van der Waals surface area contributed by atoms with E-state index in [-0.39, 0.29) is 16.6 Å². The van der Waals surface area contributed by atoms with Crippen molar-refractivity contribution in [3.05, 3.63) is 35.4 Å². The number of hydrazone groups is 2. The van der Waals surface area contributed by atoms with Gasteiger partial charge in [-0.1, -0.05) is 24.3 Å². The smallest absolute Gasteiger partial charge is 0.307 e. The van der Waals surface area contributed by atoms with Crippen molar-refractivity contribution >= 4 is 52.6 Å². The number of thiocarbonyl (C=S) groups is 2. The van der Waals surface area contributed by atoms with Crippen LogP contribution in [0.15, 0.2) is 34.5 Å². The molecule has 0 aliphatic heterocycles. The van der Waals surface area contributed by atoms with E-state index in [1.807, 2.05) is 0 Å². The van der Waals surface area contributed by atoms with E-state index in [0.717, 1.165) is 0 Å². The lowest BCUT2D eigenvalue weighted by molar-refractivity contribution is -0.136. The fraction of sp³-hybridized carbons (Fsp3) is 0.214. The highest BCUT2D eigenvalue weighted by Gasteiger charge is 2.07. The number of hydrogen-bond donors (Lipinski definition) is 3. The molecule has 0 atom stereocenters. The molecule has 0 radical (unpaired) electrons. The normalized spacial score (nSPS) is 11.3. The zero-order valence-corrected chi connectivity index (χ0v) is 14.8. The molecule has 0 spiro atoms. The number of hydrogen-bond acceptors (Lipinski definition) is 5. The molecule has 0 aliphatic rings. The Hall–Kier alpha value is -2.59. The molecule has 0 fully saturated rings. The molecular weight excluding hydrogens is 348 g/mol. The van der Waals surface area contributed by atoms with E-state index in [1.54, 1.807) is 38.4 Å². The number of aliphatic carboxylic acids is 1. The third-order valence-corrected chi connectivity index (χ3v) is 3.38. The Bertz CT molecular complexity index is 687. The first-order valence-corrected chi connectivity index (χ1v) is 7.52. The summed E-state index contributed by atoms with van der Waals surface area (Å²) < 4.78 is 0. The topological polar surface area (TPSA) is 121 Å². The number of nitrogens with two attached hydrogens (primary N) is 2. The second-order valence-electron chi connectivity index (χ2n) is 4.72. The Labute approximate surface area is 150 Å². The average molecular weight is 366 g/mol. The Kier molecular flexibility index (Phi) is 7.21. The van der Waals surface area contributed by atoms with E-state index >= 15 is 0 Å². The summed E-state index contributed by atoms with van der Waals surface area (Å²) in [6, 6.07) is 6.87. The molecule has 0 heterocycles. The minimum atomic E-state index is -0.899. The van der Waals surface area contributed by atoms with Crippen molar-refractivity contribution in [3.8, 4) is 0 Å². The average Bonchev–Trinajstić information content (AvgIpc) is 2.50. The molecule has 5 N–H and O–H groups in total. The van der Waals surface area contributed by atoms with Gasteiger partial charge in [-0.15, -0.1) is 0 Å². The van der Waals surface area contributed by atoms with Gasteiger partial charge < -0.3 is 16.6 Å². The molecule has 0 bridgehead atoms. The highest BCUT2D eigenvalue weighted by atomic mass is 32.1. The summed E-state index contributed by atoms with van der Waals surface area (Å²) in [6.45, 7) is 0. The van der Waals surface area contributed by atoms with Crippen molar-refractivity contribution in [3.63, 3.8) is 0 Å². The van der Waals surface area contributed by atoms with Gasteiger partial charge in [0.15, 0.2) is 10.2 Å². The highest BCUT2D eigenvalue weighted by Crippen LogP contribution is 2.07. The summed E-state index contributed by atoms with van der Waals surface area (Å²) in [5.41, 5.74) is 12.8. The van der Waals surface area contributed by atoms with Crippen molar-refractivity contribution in [1.82, 2.24) is 10.0 Å². The minimum absolute atomic E-state index is 0.0577. The molecule has 0 amide bonds. The zero-order chi connectivity index (χ0) is 18.3. The van der Waals surface area contributed by atoms with Crippen molar-refractivity contribution < 1.29 is 9.90 Å². The molecule has 0 aromatic heterocycles. The zero-order valence-electron chi connectivity index (χ0n) is 13.2. The number of carboxylic acid groups (broad SMARTS) is 1. The van der Waals surface area contributed by atoms with Gasteiger partial charge in [0.25, 0.3) is 0 Å². The lowest BCUT2D eigenvalue weighted by atomic mass is 10.1. The first-order valence-electron chi connectivity index (χ1n) is 6.70. The summed E-state index contributed by atoms with van der Waals surface area (Å²) in [6.07, 6.45) is 1.40. The Morgan fingerprint density at radius 1 is 1.17 bits per heavy atom. The van der Waals surface area contributed by atoms with Crippen molar-refractivity contribution in [2.75, 3.05) is 14.1 Å². The minimum Gasteiger partial charge on any atom is -0.481 e. The number of carbonyl (C=O) groups is 1. The van der Waals surface area contributed by atoms with Gasteiger partial charge in [0.1, 0.15) is 5.71 Å². The van der Waals surface area contributed by atoms with Crippen LogP contribution < -0.4 is 11.5 Å². The maximum absolute atomic E-state index is 10.7. The largest absolute Gasteiger partial charge is 0.481 e. The third-order valence-electron chi connectivity index (χ3n) is 2.85. The van der Waals surface area contributed by atoms with Gasteiger partial charge in [0.05, 0.1) is 12.6 Å². The standard InChI is InChI=1S/C14H18N6O2S2/c1-19(13(15)23)17-8-11(18-20(2)14(16)24)10-5-3-9(4-6-10)7-12(21)22/h3-6,8H,7H2,1-2H3,(H2,15,23)(H2,16,24)(H,21,22). The summed E-state index contributed by atoms with van der Waals surface area (Å²) in [4.78, 5) is 10.7. The number of benzene rings is 1.